The van der Waals surface area contributed by atoms with Crippen molar-refractivity contribution in [3.05, 3.63) is 71.6 Å². The largest absolute Gasteiger partial charge is 0.456 e. The van der Waals surface area contributed by atoms with Crippen LogP contribution < -0.4 is 14.8 Å². The zero-order chi connectivity index (χ0) is 28.5. The zero-order valence-electron chi connectivity index (χ0n) is 24.9. The van der Waals surface area contributed by atoms with E-state index in [4.69, 9.17) is 4.42 Å². The molecule has 0 bridgehead atoms. The van der Waals surface area contributed by atoms with E-state index >= 15 is 0 Å². The van der Waals surface area contributed by atoms with Crippen LogP contribution in [0, 0.1) is 0 Å². The van der Waals surface area contributed by atoms with E-state index in [0.717, 1.165) is 97.9 Å². The number of anilines is 1. The number of carbonyl (C=O) groups is 1. The van der Waals surface area contributed by atoms with Gasteiger partial charge in [0.1, 0.15) is 11.3 Å². The standard InChI is InChI=1S/C34H42N5O2/c1-35(2)14-13-31(40)25-5-7-26(8-6-25)34-29-11-9-27(38-19-15-36(3)16-20-38)23-32(29)41-33-24-28(10-12-30(33)34)39-21-17-37(4)18-22-39/h5-12,23-24H,13-22H2,1-4H3/q+1. The lowest BCUT2D eigenvalue weighted by Crippen LogP contribution is -2.46. The minimum absolute atomic E-state index is 0.177. The van der Waals surface area contributed by atoms with E-state index < -0.39 is 0 Å². The van der Waals surface area contributed by atoms with E-state index in [9.17, 15) is 4.79 Å². The predicted octanol–water partition coefficient (Wildman–Crippen LogP) is 3.81. The lowest BCUT2D eigenvalue weighted by molar-refractivity contribution is 0.0972. The van der Waals surface area contributed by atoms with Gasteiger partial charge in [0.15, 0.2) is 18.9 Å². The molecule has 2 saturated heterocycles. The molecule has 6 rings (SSSR count). The highest BCUT2D eigenvalue weighted by Crippen LogP contribution is 2.41. The molecule has 2 fully saturated rings. The van der Waals surface area contributed by atoms with E-state index in [1.807, 2.05) is 31.1 Å². The van der Waals surface area contributed by atoms with Crippen molar-refractivity contribution in [1.82, 2.24) is 19.3 Å². The maximum atomic E-state index is 12.8. The van der Waals surface area contributed by atoms with Gasteiger partial charge in [-0.15, -0.1) is 0 Å². The van der Waals surface area contributed by atoms with Crippen LogP contribution in [0.3, 0.4) is 0 Å². The van der Waals surface area contributed by atoms with Gasteiger partial charge in [0.25, 0.3) is 0 Å². The Bertz CT molecular complexity index is 1570. The molecule has 0 radical (unpaired) electrons. The average molecular weight is 553 g/mol. The van der Waals surface area contributed by atoms with Gasteiger partial charge in [-0.1, -0.05) is 24.3 Å². The zero-order valence-corrected chi connectivity index (χ0v) is 24.9. The van der Waals surface area contributed by atoms with Gasteiger partial charge >= 0.3 is 0 Å². The fourth-order valence-corrected chi connectivity index (χ4v) is 5.99. The summed E-state index contributed by atoms with van der Waals surface area (Å²) < 4.78 is 9.15. The lowest BCUT2D eigenvalue weighted by atomic mass is 9.92. The Hall–Kier alpha value is -3.52. The van der Waals surface area contributed by atoms with Gasteiger partial charge in [-0.2, -0.15) is 0 Å². The second-order valence-electron chi connectivity index (χ2n) is 12.0. The molecule has 3 heterocycles. The third-order valence-corrected chi connectivity index (χ3v) is 8.71. The number of piperazine rings is 2. The molecule has 7 nitrogen and oxygen atoms in total. The second-order valence-corrected chi connectivity index (χ2v) is 12.0. The van der Waals surface area contributed by atoms with Crippen molar-refractivity contribution in [2.24, 2.45) is 0 Å². The summed E-state index contributed by atoms with van der Waals surface area (Å²) in [6.07, 6.45) is 0.520. The predicted molar refractivity (Wildman–Crippen MR) is 168 cm³/mol. The smallest absolute Gasteiger partial charge is 0.203 e. The Morgan fingerprint density at radius 1 is 0.854 bits per heavy atom. The minimum atomic E-state index is 0.177. The van der Waals surface area contributed by atoms with Crippen molar-refractivity contribution in [1.29, 1.82) is 0 Å². The normalized spacial score (nSPS) is 17.2. The summed E-state index contributed by atoms with van der Waals surface area (Å²) in [7, 11) is 8.36. The molecule has 2 aromatic rings. The molecule has 0 N–H and O–H groups in total. The molecule has 0 saturated carbocycles. The first-order chi connectivity index (χ1) is 19.9. The van der Waals surface area contributed by atoms with Crippen molar-refractivity contribution < 1.29 is 9.21 Å². The Balaban J connectivity index is 1.46. The third kappa shape index (κ3) is 5.94. The number of hydrogen-bond acceptors (Lipinski definition) is 6. The van der Waals surface area contributed by atoms with Crippen molar-refractivity contribution >= 4 is 22.4 Å². The fourth-order valence-electron chi connectivity index (χ4n) is 5.99. The van der Waals surface area contributed by atoms with E-state index in [1.54, 1.807) is 0 Å². The summed E-state index contributed by atoms with van der Waals surface area (Å²) in [5.41, 5.74) is 6.21. The van der Waals surface area contributed by atoms with E-state index in [1.165, 1.54) is 11.0 Å². The summed E-state index contributed by atoms with van der Waals surface area (Å²) in [6.45, 7) is 9.05. The van der Waals surface area contributed by atoms with Gasteiger partial charge in [-0.05, 0) is 52.0 Å². The highest BCUT2D eigenvalue weighted by atomic mass is 16.3. The number of benzene rings is 3. The van der Waals surface area contributed by atoms with Gasteiger partial charge in [0, 0.05) is 79.0 Å². The SMILES string of the molecule is CN(C)CCC(=O)c1ccc(-c2c3ccc(=[N+]4CCN(C)CC4)cc-3oc3cc(N4CCN(C)CC4)ccc23)cc1. The Morgan fingerprint density at radius 2 is 1.56 bits per heavy atom. The van der Waals surface area contributed by atoms with Crippen LogP contribution in [0.25, 0.3) is 33.4 Å². The number of likely N-dealkylation sites (N-methyl/N-ethyl adjacent to an activating group) is 2. The summed E-state index contributed by atoms with van der Waals surface area (Å²) in [5.74, 6) is 1.07. The molecular formula is C34H42N5O2+. The van der Waals surface area contributed by atoms with Crippen molar-refractivity contribution in [3.8, 4) is 22.5 Å². The molecule has 0 spiro atoms. The summed E-state index contributed by atoms with van der Waals surface area (Å²) in [6, 6.07) is 21.5. The first kappa shape index (κ1) is 27.6. The molecule has 0 amide bonds. The van der Waals surface area contributed by atoms with Crippen molar-refractivity contribution in [2.45, 2.75) is 6.42 Å². The van der Waals surface area contributed by atoms with Gasteiger partial charge in [0.2, 0.25) is 5.36 Å². The van der Waals surface area contributed by atoms with E-state index in [0.29, 0.717) is 6.42 Å². The molecule has 0 aromatic heterocycles. The van der Waals surface area contributed by atoms with Crippen LogP contribution in [-0.2, 0) is 0 Å². The van der Waals surface area contributed by atoms with Crippen LogP contribution in [0.2, 0.25) is 0 Å². The number of hydrogen-bond donors (Lipinski definition) is 0. The maximum absolute atomic E-state index is 12.8. The summed E-state index contributed by atoms with van der Waals surface area (Å²) in [5, 5.41) is 2.30. The number of rotatable bonds is 6. The number of fused-ring (bicyclic) bond motifs is 2. The van der Waals surface area contributed by atoms with Gasteiger partial charge in [-0.25, -0.2) is 4.58 Å². The fraction of sp³-hybridized carbons (Fsp3) is 0.412. The summed E-state index contributed by atoms with van der Waals surface area (Å²) in [4.78, 5) is 22.0. The second kappa shape index (κ2) is 11.8. The van der Waals surface area contributed by atoms with Crippen LogP contribution in [0.15, 0.2) is 65.1 Å². The van der Waals surface area contributed by atoms with Crippen LogP contribution >= 0.6 is 0 Å². The average Bonchev–Trinajstić information content (AvgIpc) is 2.99. The third-order valence-electron chi connectivity index (χ3n) is 8.71. The quantitative estimate of drug-likeness (QED) is 0.206. The van der Waals surface area contributed by atoms with Gasteiger partial charge in [-0.3, -0.25) is 9.69 Å². The van der Waals surface area contributed by atoms with E-state index in [-0.39, 0.29) is 5.78 Å². The van der Waals surface area contributed by atoms with Crippen LogP contribution in [0.5, 0.6) is 0 Å². The summed E-state index contributed by atoms with van der Waals surface area (Å²) >= 11 is 0. The molecule has 41 heavy (non-hydrogen) atoms. The van der Waals surface area contributed by atoms with Crippen LogP contribution in [-0.4, -0.2) is 108 Å². The Morgan fingerprint density at radius 3 is 2.27 bits per heavy atom. The molecule has 2 aromatic carbocycles. The molecule has 214 valence electrons. The van der Waals surface area contributed by atoms with Crippen LogP contribution in [0.1, 0.15) is 16.8 Å². The number of carbonyl (C=O) groups excluding carboxylic acids is 1. The van der Waals surface area contributed by atoms with Gasteiger partial charge in [0.05, 0.1) is 19.2 Å². The van der Waals surface area contributed by atoms with Crippen LogP contribution in [0.4, 0.5) is 5.69 Å². The van der Waals surface area contributed by atoms with Crippen molar-refractivity contribution in [2.75, 3.05) is 92.0 Å². The highest BCUT2D eigenvalue weighted by Gasteiger charge is 2.22. The lowest BCUT2D eigenvalue weighted by Gasteiger charge is -2.34. The maximum Gasteiger partial charge on any atom is 0.203 e. The first-order valence-electron chi connectivity index (χ1n) is 14.8. The monoisotopic (exact) mass is 552 g/mol. The molecule has 7 heteroatoms. The minimum Gasteiger partial charge on any atom is -0.456 e. The Labute approximate surface area is 243 Å². The Kier molecular flexibility index (Phi) is 7.93. The number of nitrogens with zero attached hydrogens (tertiary/aromatic N) is 5. The molecular weight excluding hydrogens is 510 g/mol. The number of Topliss-reactive ketones (excluding diaryl/α,β-unsaturated/α-hetero) is 1. The molecule has 4 aliphatic rings. The molecule has 3 aliphatic heterocycles. The van der Waals surface area contributed by atoms with Crippen molar-refractivity contribution in [3.63, 3.8) is 0 Å². The highest BCUT2D eigenvalue weighted by molar-refractivity contribution is 6.03. The topological polar surface area (TPSA) is 46.2 Å². The molecule has 0 unspecified atom stereocenters. The van der Waals surface area contributed by atoms with E-state index in [2.05, 4.69) is 81.9 Å². The van der Waals surface area contributed by atoms with Gasteiger partial charge < -0.3 is 19.1 Å². The molecule has 1 aliphatic carbocycles. The number of ketones is 1. The molecule has 0 atom stereocenters. The first-order valence-corrected chi connectivity index (χ1v) is 14.8.